The van der Waals surface area contributed by atoms with Gasteiger partial charge < -0.3 is 18.1 Å². The summed E-state index contributed by atoms with van der Waals surface area (Å²) in [4.78, 5) is 0. The Morgan fingerprint density at radius 2 is 2.00 bits per heavy atom. The Bertz CT molecular complexity index is 142. The van der Waals surface area contributed by atoms with Crippen LogP contribution in [-0.4, -0.2) is 13.7 Å². The summed E-state index contributed by atoms with van der Waals surface area (Å²) in [5.74, 6) is 0. The van der Waals surface area contributed by atoms with Crippen LogP contribution in [0.25, 0.3) is 0 Å². The molecule has 0 unspecified atom stereocenters. The van der Waals surface area contributed by atoms with Crippen LogP contribution in [0.3, 0.4) is 0 Å². The van der Waals surface area contributed by atoms with E-state index >= 15 is 0 Å². The van der Waals surface area contributed by atoms with Crippen molar-refractivity contribution >= 4 is 0 Å². The van der Waals surface area contributed by atoms with Crippen LogP contribution >= 0.6 is 0 Å². The monoisotopic (exact) mass is 244 g/mol. The molecule has 4 heteroatoms. The fourth-order valence-electron chi connectivity index (χ4n) is 0.223. The SMILES string of the molecule is C[CH-]COC.[CH2-]CC(C)(C)C#N.[O]=[Co]. The maximum atomic E-state index is 8.30. The summed E-state index contributed by atoms with van der Waals surface area (Å²) in [6.45, 7) is 10.1. The zero-order chi connectivity index (χ0) is 12.0. The molecule has 0 aromatic carbocycles. The molecule has 0 N–H and O–H groups in total. The Labute approximate surface area is 95.6 Å². The molecule has 0 saturated heterocycles. The molecule has 0 rings (SSSR count). The van der Waals surface area contributed by atoms with E-state index in [-0.39, 0.29) is 5.41 Å². The van der Waals surface area contributed by atoms with Gasteiger partial charge in [0.05, 0.1) is 6.07 Å². The number of hydrogen-bond acceptors (Lipinski definition) is 3. The number of methoxy groups -OCH3 is 1. The van der Waals surface area contributed by atoms with Crippen LogP contribution in [0.15, 0.2) is 0 Å². The third-order valence-corrected chi connectivity index (χ3v) is 1.26. The second kappa shape index (κ2) is 15.2. The fraction of sp³-hybridized carbons (Fsp3) is 0.700. The van der Waals surface area contributed by atoms with Gasteiger partial charge in [0.1, 0.15) is 0 Å². The van der Waals surface area contributed by atoms with Crippen LogP contribution in [0.1, 0.15) is 27.2 Å². The van der Waals surface area contributed by atoms with Crippen molar-refractivity contribution in [1.29, 1.82) is 5.26 Å². The van der Waals surface area contributed by atoms with Gasteiger partial charge in [-0.2, -0.15) is 18.6 Å². The molecule has 0 atom stereocenters. The van der Waals surface area contributed by atoms with Crippen molar-refractivity contribution in [1.82, 2.24) is 0 Å². The topological polar surface area (TPSA) is 50.1 Å². The van der Waals surface area contributed by atoms with Crippen LogP contribution in [0.4, 0.5) is 0 Å². The molecule has 3 nitrogen and oxygen atoms in total. The molecule has 0 bridgehead atoms. The van der Waals surface area contributed by atoms with E-state index in [0.717, 1.165) is 6.61 Å². The Kier molecular flexibility index (Phi) is 21.1. The summed E-state index contributed by atoms with van der Waals surface area (Å²) in [5.41, 5.74) is -0.222. The Hall–Kier alpha value is -0.244. The molecular weight excluding hydrogens is 225 g/mol. The van der Waals surface area contributed by atoms with Crippen molar-refractivity contribution in [3.8, 4) is 6.07 Å². The van der Waals surface area contributed by atoms with Crippen LogP contribution in [0.2, 0.25) is 0 Å². The Balaban J connectivity index is -0.000000152. The van der Waals surface area contributed by atoms with Gasteiger partial charge in [-0.25, -0.2) is 0 Å². The zero-order valence-electron chi connectivity index (χ0n) is 9.30. The van der Waals surface area contributed by atoms with Gasteiger partial charge >= 0.3 is 19.5 Å². The van der Waals surface area contributed by atoms with Crippen LogP contribution in [-0.2, 0) is 24.3 Å². The molecule has 0 aliphatic heterocycles. The summed E-state index contributed by atoms with van der Waals surface area (Å²) >= 11 is 2.31. The Morgan fingerprint density at radius 1 is 1.57 bits per heavy atom. The standard InChI is InChI=1S/C6H10N.C4H9O.Co.O/c1-4-6(2,3)5-7;1-3-4-5-2;;/h1,4H2,2-3H3;3H,4H2,1-2H3;;/q2*-1;;. The molecule has 0 spiro atoms. The third-order valence-electron chi connectivity index (χ3n) is 1.26. The summed E-state index contributed by atoms with van der Waals surface area (Å²) in [6, 6.07) is 2.13. The van der Waals surface area contributed by atoms with Crippen molar-refractivity contribution in [2.75, 3.05) is 13.7 Å². The molecule has 0 fully saturated rings. The van der Waals surface area contributed by atoms with Gasteiger partial charge in [0.25, 0.3) is 0 Å². The fourth-order valence-corrected chi connectivity index (χ4v) is 0.223. The first-order valence-corrected chi connectivity index (χ1v) is 4.57. The van der Waals surface area contributed by atoms with E-state index in [9.17, 15) is 0 Å². The molecule has 0 heterocycles. The molecule has 0 radical (unpaired) electrons. The molecule has 0 amide bonds. The molecule has 0 aromatic rings. The van der Waals surface area contributed by atoms with Gasteiger partial charge in [0, 0.05) is 12.5 Å². The second-order valence-electron chi connectivity index (χ2n) is 3.11. The number of rotatable bonds is 3. The Morgan fingerprint density at radius 3 is 2.00 bits per heavy atom. The number of ether oxygens (including phenoxy) is 1. The quantitative estimate of drug-likeness (QED) is 0.716. The molecular formula is C10H19CoNO2-2. The van der Waals surface area contributed by atoms with Crippen molar-refractivity contribution in [2.24, 2.45) is 5.41 Å². The van der Waals surface area contributed by atoms with E-state index in [4.69, 9.17) is 9.13 Å². The number of hydrogen-bond donors (Lipinski definition) is 0. The zero-order valence-corrected chi connectivity index (χ0v) is 10.3. The van der Waals surface area contributed by atoms with Crippen molar-refractivity contribution < 1.29 is 24.3 Å². The van der Waals surface area contributed by atoms with Gasteiger partial charge in [-0.3, -0.25) is 0 Å². The first-order valence-electron chi connectivity index (χ1n) is 4.15. The average molecular weight is 244 g/mol. The predicted molar refractivity (Wildman–Crippen MR) is 51.9 cm³/mol. The first kappa shape index (κ1) is 19.3. The van der Waals surface area contributed by atoms with Crippen molar-refractivity contribution in [3.63, 3.8) is 0 Å². The number of nitriles is 1. The third kappa shape index (κ3) is 22.6. The van der Waals surface area contributed by atoms with Gasteiger partial charge in [-0.05, 0) is 13.8 Å². The van der Waals surface area contributed by atoms with Crippen LogP contribution < -0.4 is 0 Å². The molecule has 0 aliphatic carbocycles. The second-order valence-corrected chi connectivity index (χ2v) is 3.11. The molecule has 0 aliphatic rings. The summed E-state index contributed by atoms with van der Waals surface area (Å²) in [7, 11) is 1.68. The van der Waals surface area contributed by atoms with E-state index in [1.54, 1.807) is 7.11 Å². The van der Waals surface area contributed by atoms with Gasteiger partial charge in [0.15, 0.2) is 0 Å². The van der Waals surface area contributed by atoms with E-state index < -0.39 is 0 Å². The van der Waals surface area contributed by atoms with E-state index in [1.165, 1.54) is 0 Å². The van der Waals surface area contributed by atoms with Crippen LogP contribution in [0.5, 0.6) is 0 Å². The summed E-state index contributed by atoms with van der Waals surface area (Å²) < 4.78 is 12.6. The average Bonchev–Trinajstić information content (AvgIpc) is 2.23. The molecule has 14 heavy (non-hydrogen) atoms. The molecule has 87 valence electrons. The predicted octanol–water partition coefficient (Wildman–Crippen LogP) is 2.50. The molecule has 0 saturated carbocycles. The van der Waals surface area contributed by atoms with Crippen molar-refractivity contribution in [2.45, 2.75) is 27.2 Å². The summed E-state index contributed by atoms with van der Waals surface area (Å²) in [6.07, 6.45) is 2.64. The molecule has 0 aromatic heterocycles. The van der Waals surface area contributed by atoms with Crippen molar-refractivity contribution in [3.05, 3.63) is 13.3 Å². The van der Waals surface area contributed by atoms with Gasteiger partial charge in [0.2, 0.25) is 0 Å². The van der Waals surface area contributed by atoms with E-state index in [2.05, 4.69) is 33.4 Å². The van der Waals surface area contributed by atoms with Crippen LogP contribution in [0, 0.1) is 30.1 Å². The number of nitrogens with zero attached hydrogens (tertiary/aromatic N) is 1. The first-order chi connectivity index (χ1) is 6.54. The van der Waals surface area contributed by atoms with E-state index in [1.807, 2.05) is 27.2 Å². The summed E-state index contributed by atoms with van der Waals surface area (Å²) in [5, 5.41) is 8.30. The van der Waals surface area contributed by atoms with Gasteiger partial charge in [-0.1, -0.05) is 6.61 Å². The normalized spacial score (nSPS) is 8.64. The minimum atomic E-state index is -0.222. The van der Waals surface area contributed by atoms with Gasteiger partial charge in [-0.15, -0.1) is 0 Å². The maximum absolute atomic E-state index is 8.30. The van der Waals surface area contributed by atoms with E-state index in [0.29, 0.717) is 6.42 Å². The minimum absolute atomic E-state index is 0.222.